The molecule has 0 aliphatic rings. The standard InChI is InChI=1S/C4H8BNO2/c1-8-4(7)2-3(5)6/h3H,2,6H2,1H3. The zero-order chi connectivity index (χ0) is 6.57. The minimum Gasteiger partial charge on any atom is -0.469 e. The van der Waals surface area contributed by atoms with Crippen molar-refractivity contribution >= 4 is 13.8 Å². The summed E-state index contributed by atoms with van der Waals surface area (Å²) in [6, 6.07) is 0. The number of methoxy groups -OCH3 is 1. The lowest BCUT2D eigenvalue weighted by Gasteiger charge is -2.00. The molecule has 0 aromatic rings. The van der Waals surface area contributed by atoms with E-state index in [1.165, 1.54) is 7.11 Å². The van der Waals surface area contributed by atoms with Crippen LogP contribution in [0.5, 0.6) is 0 Å². The minimum atomic E-state index is -0.595. The molecule has 1 atom stereocenters. The Morgan fingerprint density at radius 2 is 2.50 bits per heavy atom. The van der Waals surface area contributed by atoms with Gasteiger partial charge in [-0.15, -0.1) is 0 Å². The van der Waals surface area contributed by atoms with Crippen LogP contribution in [0.4, 0.5) is 0 Å². The number of ether oxygens (including phenoxy) is 1. The predicted octanol–water partition coefficient (Wildman–Crippen LogP) is -0.997. The lowest BCUT2D eigenvalue weighted by Crippen LogP contribution is -2.24. The average molecular weight is 113 g/mol. The van der Waals surface area contributed by atoms with Crippen LogP contribution in [0.3, 0.4) is 0 Å². The molecule has 0 bridgehead atoms. The molecular formula is C4H8BNO2. The molecule has 0 spiro atoms. The SMILES string of the molecule is [B]C(N)CC(=O)OC. The highest BCUT2D eigenvalue weighted by molar-refractivity contribution is 6.12. The van der Waals surface area contributed by atoms with Crippen LogP contribution < -0.4 is 5.73 Å². The quantitative estimate of drug-likeness (QED) is 0.369. The maximum atomic E-state index is 10.2. The Morgan fingerprint density at radius 3 is 2.62 bits per heavy atom. The summed E-state index contributed by atoms with van der Waals surface area (Å²) in [6.07, 6.45) is 0.0799. The smallest absolute Gasteiger partial charge is 0.306 e. The van der Waals surface area contributed by atoms with Gasteiger partial charge in [-0.1, -0.05) is 0 Å². The number of nitrogens with two attached hydrogens (primary N) is 1. The van der Waals surface area contributed by atoms with Crippen molar-refractivity contribution in [3.8, 4) is 0 Å². The van der Waals surface area contributed by atoms with Gasteiger partial charge in [0.05, 0.1) is 21.4 Å². The molecule has 0 amide bonds. The molecule has 3 nitrogen and oxygen atoms in total. The van der Waals surface area contributed by atoms with E-state index in [0.29, 0.717) is 0 Å². The molecule has 44 valence electrons. The number of hydrogen-bond acceptors (Lipinski definition) is 3. The first-order chi connectivity index (χ1) is 3.66. The Kier molecular flexibility index (Phi) is 3.27. The number of hydrogen-bond donors (Lipinski definition) is 1. The fraction of sp³-hybridized carbons (Fsp3) is 0.750. The first-order valence-electron chi connectivity index (χ1n) is 2.24. The van der Waals surface area contributed by atoms with E-state index in [0.717, 1.165) is 0 Å². The van der Waals surface area contributed by atoms with Crippen LogP contribution in [0, 0.1) is 0 Å². The Balaban J connectivity index is 3.25. The van der Waals surface area contributed by atoms with Crippen molar-refractivity contribution in [3.05, 3.63) is 0 Å². The van der Waals surface area contributed by atoms with Gasteiger partial charge in [0.2, 0.25) is 0 Å². The fourth-order valence-corrected chi connectivity index (χ4v) is 0.276. The lowest BCUT2D eigenvalue weighted by atomic mass is 9.95. The number of esters is 1. The molecule has 0 aromatic carbocycles. The molecule has 0 saturated carbocycles. The summed E-state index contributed by atoms with van der Waals surface area (Å²) in [5, 5.41) is 0. The van der Waals surface area contributed by atoms with Crippen LogP contribution in [0.2, 0.25) is 0 Å². The van der Waals surface area contributed by atoms with Gasteiger partial charge in [0.1, 0.15) is 0 Å². The Bertz CT molecular complexity index is 84.1. The molecule has 2 N–H and O–H groups in total. The van der Waals surface area contributed by atoms with Crippen LogP contribution >= 0.6 is 0 Å². The Hall–Kier alpha value is -0.505. The van der Waals surface area contributed by atoms with E-state index in [9.17, 15) is 4.79 Å². The normalized spacial score (nSPS) is 12.8. The molecule has 8 heavy (non-hydrogen) atoms. The van der Waals surface area contributed by atoms with Gasteiger partial charge in [0.15, 0.2) is 0 Å². The highest BCUT2D eigenvalue weighted by Gasteiger charge is 2.01. The summed E-state index contributed by atoms with van der Waals surface area (Å²) in [7, 11) is 6.34. The average Bonchev–Trinajstić information content (AvgIpc) is 1.65. The van der Waals surface area contributed by atoms with Crippen LogP contribution in [0.15, 0.2) is 0 Å². The van der Waals surface area contributed by atoms with Gasteiger partial charge in [-0.05, 0) is 5.94 Å². The molecule has 0 heterocycles. The zero-order valence-corrected chi connectivity index (χ0v) is 4.76. The van der Waals surface area contributed by atoms with Crippen molar-refractivity contribution in [1.29, 1.82) is 0 Å². The first kappa shape index (κ1) is 7.49. The molecule has 2 radical (unpaired) electrons. The first-order valence-corrected chi connectivity index (χ1v) is 2.24. The van der Waals surface area contributed by atoms with Gasteiger partial charge in [-0.2, -0.15) is 0 Å². The van der Waals surface area contributed by atoms with Crippen molar-refractivity contribution in [2.45, 2.75) is 12.4 Å². The highest BCUT2D eigenvalue weighted by atomic mass is 16.5. The van der Waals surface area contributed by atoms with Gasteiger partial charge >= 0.3 is 5.97 Å². The van der Waals surface area contributed by atoms with E-state index in [4.69, 9.17) is 13.6 Å². The second-order valence-corrected chi connectivity index (χ2v) is 1.44. The monoisotopic (exact) mass is 113 g/mol. The lowest BCUT2D eigenvalue weighted by molar-refractivity contribution is -0.140. The third-order valence-electron chi connectivity index (χ3n) is 0.630. The third-order valence-corrected chi connectivity index (χ3v) is 0.630. The zero-order valence-electron chi connectivity index (χ0n) is 4.76. The largest absolute Gasteiger partial charge is 0.469 e. The van der Waals surface area contributed by atoms with E-state index in [1.54, 1.807) is 0 Å². The van der Waals surface area contributed by atoms with Crippen molar-refractivity contribution in [3.63, 3.8) is 0 Å². The molecule has 4 heteroatoms. The van der Waals surface area contributed by atoms with Crippen molar-refractivity contribution in [1.82, 2.24) is 0 Å². The molecule has 0 saturated heterocycles. The van der Waals surface area contributed by atoms with Crippen molar-refractivity contribution in [2.24, 2.45) is 5.73 Å². The topological polar surface area (TPSA) is 52.3 Å². The summed E-state index contributed by atoms with van der Waals surface area (Å²) in [4.78, 5) is 10.2. The highest BCUT2D eigenvalue weighted by Crippen LogP contribution is 1.83. The van der Waals surface area contributed by atoms with E-state index in [2.05, 4.69) is 4.74 Å². The van der Waals surface area contributed by atoms with Gasteiger partial charge in [-0.25, -0.2) is 0 Å². The molecular weight excluding hydrogens is 105 g/mol. The third kappa shape index (κ3) is 3.68. The van der Waals surface area contributed by atoms with Crippen LogP contribution in [0.1, 0.15) is 6.42 Å². The fourth-order valence-electron chi connectivity index (χ4n) is 0.276. The molecule has 0 aromatic heterocycles. The molecule has 0 fully saturated rings. The second kappa shape index (κ2) is 3.49. The van der Waals surface area contributed by atoms with E-state index in [1.807, 2.05) is 0 Å². The van der Waals surface area contributed by atoms with Gasteiger partial charge in [-0.3, -0.25) is 4.79 Å². The molecule has 0 rings (SSSR count). The minimum absolute atomic E-state index is 0.0799. The summed E-state index contributed by atoms with van der Waals surface area (Å²) < 4.78 is 4.26. The van der Waals surface area contributed by atoms with Crippen LogP contribution in [0.25, 0.3) is 0 Å². The van der Waals surface area contributed by atoms with E-state index >= 15 is 0 Å². The van der Waals surface area contributed by atoms with Crippen molar-refractivity contribution < 1.29 is 9.53 Å². The van der Waals surface area contributed by atoms with E-state index < -0.39 is 5.94 Å². The summed E-state index contributed by atoms with van der Waals surface area (Å²) in [5.41, 5.74) is 5.05. The van der Waals surface area contributed by atoms with Gasteiger partial charge < -0.3 is 10.5 Å². The van der Waals surface area contributed by atoms with Crippen molar-refractivity contribution in [2.75, 3.05) is 7.11 Å². The van der Waals surface area contributed by atoms with Gasteiger partial charge in [0.25, 0.3) is 0 Å². The summed E-state index contributed by atoms with van der Waals surface area (Å²) in [5.74, 6) is -0.970. The molecule has 0 aliphatic carbocycles. The molecule has 1 unspecified atom stereocenters. The van der Waals surface area contributed by atoms with Crippen LogP contribution in [-0.2, 0) is 9.53 Å². The van der Waals surface area contributed by atoms with Crippen LogP contribution in [-0.4, -0.2) is 26.9 Å². The maximum Gasteiger partial charge on any atom is 0.306 e. The number of rotatable bonds is 2. The van der Waals surface area contributed by atoms with Gasteiger partial charge in [0, 0.05) is 0 Å². The molecule has 0 aliphatic heterocycles. The number of carbonyl (C=O) groups is 1. The Morgan fingerprint density at radius 1 is 2.00 bits per heavy atom. The Labute approximate surface area is 49.6 Å². The maximum absolute atomic E-state index is 10.2. The summed E-state index contributed by atoms with van der Waals surface area (Å²) in [6.45, 7) is 0. The predicted molar refractivity (Wildman–Crippen MR) is 30.4 cm³/mol. The summed E-state index contributed by atoms with van der Waals surface area (Å²) >= 11 is 0. The second-order valence-electron chi connectivity index (χ2n) is 1.44. The number of carbonyl (C=O) groups excluding carboxylic acids is 1. The van der Waals surface area contributed by atoms with E-state index in [-0.39, 0.29) is 12.4 Å².